The zero-order valence-corrected chi connectivity index (χ0v) is 10.2. The van der Waals surface area contributed by atoms with Crippen LogP contribution in [-0.4, -0.2) is 23.1 Å². The molecule has 0 saturated carbocycles. The molecular weight excluding hydrogens is 232 g/mol. The van der Waals surface area contributed by atoms with Gasteiger partial charge in [-0.15, -0.1) is 6.58 Å². The standard InChI is InChI=1S/C13H18N2O3/c1-2-3-4-9-14-10-13(16)11-5-7-12(8-6-11)15(17)18/h2,5-8,13-14,16H,1,3-4,9-10H2. The minimum Gasteiger partial charge on any atom is -0.387 e. The number of non-ortho nitro benzene ring substituents is 1. The molecule has 0 aliphatic rings. The Kier molecular flexibility index (Phi) is 6.04. The van der Waals surface area contributed by atoms with E-state index in [0.29, 0.717) is 12.1 Å². The zero-order valence-electron chi connectivity index (χ0n) is 10.2. The second-order valence-corrected chi connectivity index (χ2v) is 4.00. The molecule has 1 rings (SSSR count). The average Bonchev–Trinajstić information content (AvgIpc) is 2.38. The highest BCUT2D eigenvalue weighted by Crippen LogP contribution is 2.17. The first-order valence-electron chi connectivity index (χ1n) is 5.89. The Morgan fingerprint density at radius 2 is 2.11 bits per heavy atom. The maximum absolute atomic E-state index is 10.5. The van der Waals surface area contributed by atoms with Gasteiger partial charge < -0.3 is 10.4 Å². The summed E-state index contributed by atoms with van der Waals surface area (Å²) in [5, 5.41) is 23.5. The van der Waals surface area contributed by atoms with Crippen molar-refractivity contribution in [3.05, 3.63) is 52.6 Å². The van der Waals surface area contributed by atoms with Gasteiger partial charge in [0.1, 0.15) is 0 Å². The summed E-state index contributed by atoms with van der Waals surface area (Å²) < 4.78 is 0. The number of nitrogens with one attached hydrogen (secondary N) is 1. The Balaban J connectivity index is 2.39. The van der Waals surface area contributed by atoms with E-state index < -0.39 is 11.0 Å². The van der Waals surface area contributed by atoms with E-state index in [1.807, 2.05) is 6.08 Å². The lowest BCUT2D eigenvalue weighted by molar-refractivity contribution is -0.384. The van der Waals surface area contributed by atoms with Crippen LogP contribution in [0.4, 0.5) is 5.69 Å². The first-order valence-corrected chi connectivity index (χ1v) is 5.89. The van der Waals surface area contributed by atoms with Crippen molar-refractivity contribution in [2.45, 2.75) is 18.9 Å². The predicted octanol–water partition coefficient (Wildman–Crippen LogP) is 2.18. The summed E-state index contributed by atoms with van der Waals surface area (Å²) in [4.78, 5) is 10.0. The van der Waals surface area contributed by atoms with Crippen LogP contribution in [0.3, 0.4) is 0 Å². The Hall–Kier alpha value is -1.72. The molecule has 5 nitrogen and oxygen atoms in total. The molecule has 1 unspecified atom stereocenters. The van der Waals surface area contributed by atoms with Crippen molar-refractivity contribution < 1.29 is 10.0 Å². The zero-order chi connectivity index (χ0) is 13.4. The molecule has 0 radical (unpaired) electrons. The van der Waals surface area contributed by atoms with Crippen LogP contribution in [0.15, 0.2) is 36.9 Å². The minimum absolute atomic E-state index is 0.0323. The maximum atomic E-state index is 10.5. The number of nitrogens with zero attached hydrogens (tertiary/aromatic N) is 1. The lowest BCUT2D eigenvalue weighted by Crippen LogP contribution is -2.22. The first-order chi connectivity index (χ1) is 8.65. The van der Waals surface area contributed by atoms with Gasteiger partial charge in [-0.3, -0.25) is 10.1 Å². The topological polar surface area (TPSA) is 75.4 Å². The van der Waals surface area contributed by atoms with Gasteiger partial charge >= 0.3 is 0 Å². The predicted molar refractivity (Wildman–Crippen MR) is 70.4 cm³/mol. The summed E-state index contributed by atoms with van der Waals surface area (Å²) in [5.41, 5.74) is 0.710. The second-order valence-electron chi connectivity index (χ2n) is 4.00. The van der Waals surface area contributed by atoms with Crippen LogP contribution in [0.5, 0.6) is 0 Å². The van der Waals surface area contributed by atoms with E-state index in [9.17, 15) is 15.2 Å². The van der Waals surface area contributed by atoms with Crippen LogP contribution >= 0.6 is 0 Å². The molecule has 0 fully saturated rings. The van der Waals surface area contributed by atoms with E-state index in [-0.39, 0.29) is 5.69 Å². The molecule has 0 aromatic heterocycles. The summed E-state index contributed by atoms with van der Waals surface area (Å²) in [6.07, 6.45) is 3.14. The molecule has 1 aromatic carbocycles. The molecule has 0 aliphatic heterocycles. The average molecular weight is 250 g/mol. The number of rotatable bonds is 8. The molecular formula is C13H18N2O3. The highest BCUT2D eigenvalue weighted by molar-refractivity contribution is 5.33. The summed E-state index contributed by atoms with van der Waals surface area (Å²) >= 11 is 0. The fourth-order valence-corrected chi connectivity index (χ4v) is 1.55. The second kappa shape index (κ2) is 7.58. The Morgan fingerprint density at radius 3 is 2.67 bits per heavy atom. The largest absolute Gasteiger partial charge is 0.387 e. The van der Waals surface area contributed by atoms with Crippen LogP contribution < -0.4 is 5.32 Å². The summed E-state index contributed by atoms with van der Waals surface area (Å²) in [5.74, 6) is 0. The SMILES string of the molecule is C=CCCCNCC(O)c1ccc([N+](=O)[O-])cc1. The van der Waals surface area contributed by atoms with Crippen molar-refractivity contribution in [3.8, 4) is 0 Å². The number of unbranched alkanes of at least 4 members (excludes halogenated alkanes) is 1. The highest BCUT2D eigenvalue weighted by Gasteiger charge is 2.09. The molecule has 1 aromatic rings. The summed E-state index contributed by atoms with van der Waals surface area (Å²) in [6.45, 7) is 4.89. The fourth-order valence-electron chi connectivity index (χ4n) is 1.55. The van der Waals surface area contributed by atoms with Gasteiger partial charge in [-0.05, 0) is 37.1 Å². The number of aliphatic hydroxyl groups excluding tert-OH is 1. The molecule has 1 atom stereocenters. The number of aliphatic hydroxyl groups is 1. The molecule has 5 heteroatoms. The number of hydrogen-bond acceptors (Lipinski definition) is 4. The van der Waals surface area contributed by atoms with Gasteiger partial charge in [-0.2, -0.15) is 0 Å². The van der Waals surface area contributed by atoms with E-state index in [0.717, 1.165) is 19.4 Å². The monoisotopic (exact) mass is 250 g/mol. The van der Waals surface area contributed by atoms with Crippen LogP contribution in [0.2, 0.25) is 0 Å². The smallest absolute Gasteiger partial charge is 0.269 e. The van der Waals surface area contributed by atoms with Crippen LogP contribution in [0.25, 0.3) is 0 Å². The number of nitro groups is 1. The molecule has 0 bridgehead atoms. The Bertz CT molecular complexity index is 390. The highest BCUT2D eigenvalue weighted by atomic mass is 16.6. The van der Waals surface area contributed by atoms with E-state index >= 15 is 0 Å². The van der Waals surface area contributed by atoms with Crippen molar-refractivity contribution in [2.75, 3.05) is 13.1 Å². The summed E-state index contributed by atoms with van der Waals surface area (Å²) in [7, 11) is 0. The van der Waals surface area contributed by atoms with Crippen molar-refractivity contribution in [3.63, 3.8) is 0 Å². The minimum atomic E-state index is -0.644. The molecule has 0 heterocycles. The van der Waals surface area contributed by atoms with Gasteiger partial charge in [-0.1, -0.05) is 6.08 Å². The summed E-state index contributed by atoms with van der Waals surface area (Å²) in [6, 6.07) is 5.95. The van der Waals surface area contributed by atoms with E-state index in [4.69, 9.17) is 0 Å². The van der Waals surface area contributed by atoms with Crippen LogP contribution in [-0.2, 0) is 0 Å². The molecule has 0 amide bonds. The first kappa shape index (κ1) is 14.3. The molecule has 98 valence electrons. The molecule has 0 saturated heterocycles. The molecule has 2 N–H and O–H groups in total. The van der Waals surface area contributed by atoms with Crippen LogP contribution in [0, 0.1) is 10.1 Å². The van der Waals surface area contributed by atoms with Gasteiger partial charge in [0.25, 0.3) is 5.69 Å². The van der Waals surface area contributed by atoms with E-state index in [1.54, 1.807) is 12.1 Å². The van der Waals surface area contributed by atoms with Crippen molar-refractivity contribution >= 4 is 5.69 Å². The quantitative estimate of drug-likeness (QED) is 0.321. The maximum Gasteiger partial charge on any atom is 0.269 e. The van der Waals surface area contributed by atoms with Crippen molar-refractivity contribution in [1.82, 2.24) is 5.32 Å². The van der Waals surface area contributed by atoms with Gasteiger partial charge in [0.2, 0.25) is 0 Å². The fraction of sp³-hybridized carbons (Fsp3) is 0.385. The van der Waals surface area contributed by atoms with Gasteiger partial charge in [-0.25, -0.2) is 0 Å². The molecule has 0 aliphatic carbocycles. The third-order valence-corrected chi connectivity index (χ3v) is 2.59. The van der Waals surface area contributed by atoms with Gasteiger partial charge in [0.15, 0.2) is 0 Å². The number of allylic oxidation sites excluding steroid dienone is 1. The van der Waals surface area contributed by atoms with Crippen LogP contribution in [0.1, 0.15) is 24.5 Å². The van der Waals surface area contributed by atoms with E-state index in [1.165, 1.54) is 12.1 Å². The number of hydrogen-bond donors (Lipinski definition) is 2. The molecule has 0 spiro atoms. The Morgan fingerprint density at radius 1 is 1.44 bits per heavy atom. The Labute approximate surface area is 106 Å². The van der Waals surface area contributed by atoms with Gasteiger partial charge in [0.05, 0.1) is 11.0 Å². The number of benzene rings is 1. The van der Waals surface area contributed by atoms with Crippen molar-refractivity contribution in [2.24, 2.45) is 0 Å². The van der Waals surface area contributed by atoms with Gasteiger partial charge in [0, 0.05) is 18.7 Å². The van der Waals surface area contributed by atoms with Crippen molar-refractivity contribution in [1.29, 1.82) is 0 Å². The normalized spacial score (nSPS) is 12.1. The lowest BCUT2D eigenvalue weighted by atomic mass is 10.1. The van der Waals surface area contributed by atoms with E-state index in [2.05, 4.69) is 11.9 Å². The third kappa shape index (κ3) is 4.65. The lowest BCUT2D eigenvalue weighted by Gasteiger charge is -2.11. The number of nitro benzene ring substituents is 1. The molecule has 18 heavy (non-hydrogen) atoms. The third-order valence-electron chi connectivity index (χ3n) is 2.59.